The third-order valence-corrected chi connectivity index (χ3v) is 7.05. The van der Waals surface area contributed by atoms with Crippen LogP contribution in [0.4, 0.5) is 0 Å². The minimum atomic E-state index is -0.603. The molecule has 2 unspecified atom stereocenters. The number of hydrogen-bond donors (Lipinski definition) is 1. The van der Waals surface area contributed by atoms with Crippen LogP contribution in [0.2, 0.25) is 0 Å². The van der Waals surface area contributed by atoms with Crippen LogP contribution in [-0.2, 0) is 4.79 Å². The van der Waals surface area contributed by atoms with Crippen LogP contribution < -0.4 is 0 Å². The highest BCUT2D eigenvalue weighted by atomic mass is 16.4. The zero-order chi connectivity index (χ0) is 23.7. The molecule has 0 aliphatic rings. The maximum atomic E-state index is 11.4. The van der Waals surface area contributed by atoms with E-state index in [2.05, 4.69) is 32.9 Å². The van der Waals surface area contributed by atoms with Crippen LogP contribution in [0, 0.1) is 11.8 Å². The van der Waals surface area contributed by atoms with Crippen LogP contribution in [0.15, 0.2) is 12.2 Å². The molecule has 0 heterocycles. The van der Waals surface area contributed by atoms with Crippen LogP contribution in [0.1, 0.15) is 162 Å². The van der Waals surface area contributed by atoms with Gasteiger partial charge in [0.15, 0.2) is 0 Å². The Hall–Kier alpha value is -0.790. The van der Waals surface area contributed by atoms with E-state index in [4.69, 9.17) is 0 Å². The van der Waals surface area contributed by atoms with Gasteiger partial charge in [-0.15, -0.1) is 0 Å². The number of hydrogen-bond acceptors (Lipinski definition) is 1. The fourth-order valence-corrected chi connectivity index (χ4v) is 4.93. The molecule has 0 aromatic heterocycles. The van der Waals surface area contributed by atoms with Crippen LogP contribution in [0.25, 0.3) is 0 Å². The molecule has 2 atom stereocenters. The van der Waals surface area contributed by atoms with Crippen molar-refractivity contribution in [1.29, 1.82) is 0 Å². The fourth-order valence-electron chi connectivity index (χ4n) is 4.93. The molecule has 0 rings (SSSR count). The van der Waals surface area contributed by atoms with E-state index in [1.54, 1.807) is 0 Å². The summed E-state index contributed by atoms with van der Waals surface area (Å²) in [5.41, 5.74) is 0. The molecule has 0 radical (unpaired) electrons. The van der Waals surface area contributed by atoms with Crippen molar-refractivity contribution in [3.8, 4) is 0 Å². The third kappa shape index (κ3) is 21.1. The van der Waals surface area contributed by atoms with E-state index in [0.717, 1.165) is 6.42 Å². The first kappa shape index (κ1) is 31.2. The number of carbonyl (C=O) groups is 1. The van der Waals surface area contributed by atoms with Gasteiger partial charge in [-0.3, -0.25) is 4.79 Å². The third-order valence-electron chi connectivity index (χ3n) is 7.05. The lowest BCUT2D eigenvalue weighted by molar-refractivity contribution is -0.138. The molecule has 0 fully saturated rings. The van der Waals surface area contributed by atoms with Gasteiger partial charge in [-0.05, 0) is 43.9 Å². The normalized spacial score (nSPS) is 13.6. The standard InChI is InChI=1S/C30H58O2/c1-4-7-10-11-12-13-14-15-16-17-18-19-20-21-22-23-26-28(24-8-5-2)29(25-9-6-3)27-30(31)32/h15-16,28-29H,4-14,17-27H2,1-3H3,(H,31,32). The Labute approximate surface area is 202 Å². The Balaban J connectivity index is 3.83. The minimum absolute atomic E-state index is 0.376. The fraction of sp³-hybridized carbons (Fsp3) is 0.900. The average Bonchev–Trinajstić information content (AvgIpc) is 2.78. The molecule has 0 aromatic carbocycles. The molecule has 1 N–H and O–H groups in total. The molecule has 2 nitrogen and oxygen atoms in total. The van der Waals surface area contributed by atoms with E-state index >= 15 is 0 Å². The predicted molar refractivity (Wildman–Crippen MR) is 142 cm³/mol. The van der Waals surface area contributed by atoms with E-state index in [0.29, 0.717) is 18.3 Å². The summed E-state index contributed by atoms with van der Waals surface area (Å²) < 4.78 is 0. The Morgan fingerprint density at radius 2 is 0.969 bits per heavy atom. The van der Waals surface area contributed by atoms with Crippen molar-refractivity contribution in [2.24, 2.45) is 11.8 Å². The average molecular weight is 451 g/mol. The summed E-state index contributed by atoms with van der Waals surface area (Å²) >= 11 is 0. The zero-order valence-corrected chi connectivity index (χ0v) is 22.2. The summed E-state index contributed by atoms with van der Waals surface area (Å²) in [5.74, 6) is 0.408. The van der Waals surface area contributed by atoms with Gasteiger partial charge in [0.1, 0.15) is 0 Å². The molecule has 0 spiro atoms. The smallest absolute Gasteiger partial charge is 0.303 e. The molecule has 190 valence electrons. The van der Waals surface area contributed by atoms with Crippen molar-refractivity contribution in [3.63, 3.8) is 0 Å². The van der Waals surface area contributed by atoms with Gasteiger partial charge in [-0.2, -0.15) is 0 Å². The summed E-state index contributed by atoms with van der Waals surface area (Å²) in [6, 6.07) is 0. The first-order valence-corrected chi connectivity index (χ1v) is 14.5. The topological polar surface area (TPSA) is 37.3 Å². The maximum absolute atomic E-state index is 11.4. The van der Waals surface area contributed by atoms with Crippen molar-refractivity contribution in [1.82, 2.24) is 0 Å². The molecule has 0 saturated heterocycles. The number of aliphatic carboxylic acids is 1. The van der Waals surface area contributed by atoms with E-state index in [1.165, 1.54) is 128 Å². The maximum Gasteiger partial charge on any atom is 0.303 e. The summed E-state index contributed by atoms with van der Waals surface area (Å²) in [5, 5.41) is 9.37. The van der Waals surface area contributed by atoms with Gasteiger partial charge in [0.2, 0.25) is 0 Å². The van der Waals surface area contributed by atoms with Gasteiger partial charge in [-0.25, -0.2) is 0 Å². The molecule has 0 amide bonds. The van der Waals surface area contributed by atoms with Gasteiger partial charge in [-0.1, -0.05) is 136 Å². The lowest BCUT2D eigenvalue weighted by Gasteiger charge is -2.26. The summed E-state index contributed by atoms with van der Waals surface area (Å²) in [6.45, 7) is 6.74. The summed E-state index contributed by atoms with van der Waals surface area (Å²) in [6.07, 6.45) is 32.4. The molecule has 0 saturated carbocycles. The molecule has 0 bridgehead atoms. The SMILES string of the molecule is CCCCCCCCC=CCCCCCCCCC(CCCC)C(CCCC)CC(=O)O. The molecule has 0 aliphatic carbocycles. The largest absolute Gasteiger partial charge is 0.481 e. The van der Waals surface area contributed by atoms with Crippen molar-refractivity contribution < 1.29 is 9.90 Å². The Morgan fingerprint density at radius 1 is 0.562 bits per heavy atom. The monoisotopic (exact) mass is 450 g/mol. The predicted octanol–water partition coefficient (Wildman–Crippen LogP) is 10.5. The number of rotatable bonds is 25. The van der Waals surface area contributed by atoms with E-state index in [9.17, 15) is 9.90 Å². The van der Waals surface area contributed by atoms with Crippen LogP contribution in [0.5, 0.6) is 0 Å². The van der Waals surface area contributed by atoms with Crippen molar-refractivity contribution in [3.05, 3.63) is 12.2 Å². The van der Waals surface area contributed by atoms with Crippen LogP contribution in [0.3, 0.4) is 0 Å². The van der Waals surface area contributed by atoms with Gasteiger partial charge in [0.25, 0.3) is 0 Å². The second-order valence-corrected chi connectivity index (χ2v) is 10.1. The number of unbranched alkanes of at least 4 members (excludes halogenated alkanes) is 14. The molecule has 0 aliphatic heterocycles. The quantitative estimate of drug-likeness (QED) is 0.111. The number of carboxylic acid groups (broad SMARTS) is 1. The van der Waals surface area contributed by atoms with Crippen LogP contribution >= 0.6 is 0 Å². The molecular formula is C30H58O2. The molecule has 32 heavy (non-hydrogen) atoms. The molecule has 2 heteroatoms. The number of carboxylic acids is 1. The van der Waals surface area contributed by atoms with E-state index < -0.39 is 5.97 Å². The second-order valence-electron chi connectivity index (χ2n) is 10.1. The minimum Gasteiger partial charge on any atom is -0.481 e. The van der Waals surface area contributed by atoms with E-state index in [1.807, 2.05) is 0 Å². The lowest BCUT2D eigenvalue weighted by atomic mass is 9.79. The van der Waals surface area contributed by atoms with Crippen LogP contribution in [-0.4, -0.2) is 11.1 Å². The lowest BCUT2D eigenvalue weighted by Crippen LogP contribution is -2.19. The Bertz CT molecular complexity index is 415. The van der Waals surface area contributed by atoms with Gasteiger partial charge in [0, 0.05) is 6.42 Å². The zero-order valence-electron chi connectivity index (χ0n) is 22.2. The highest BCUT2D eigenvalue weighted by Gasteiger charge is 2.22. The summed E-state index contributed by atoms with van der Waals surface area (Å²) in [7, 11) is 0. The molecule has 0 aromatic rings. The first-order chi connectivity index (χ1) is 15.7. The van der Waals surface area contributed by atoms with Crippen molar-refractivity contribution >= 4 is 5.97 Å². The highest BCUT2D eigenvalue weighted by molar-refractivity contribution is 5.67. The van der Waals surface area contributed by atoms with Gasteiger partial charge in [0.05, 0.1) is 0 Å². The second kappa shape index (κ2) is 24.8. The highest BCUT2D eigenvalue weighted by Crippen LogP contribution is 2.31. The summed E-state index contributed by atoms with van der Waals surface area (Å²) in [4.78, 5) is 11.4. The van der Waals surface area contributed by atoms with Crippen molar-refractivity contribution in [2.75, 3.05) is 0 Å². The van der Waals surface area contributed by atoms with Gasteiger partial charge >= 0.3 is 5.97 Å². The van der Waals surface area contributed by atoms with E-state index in [-0.39, 0.29) is 0 Å². The Kier molecular flexibility index (Phi) is 24.2. The first-order valence-electron chi connectivity index (χ1n) is 14.5. The Morgan fingerprint density at radius 3 is 1.47 bits per heavy atom. The number of allylic oxidation sites excluding steroid dienone is 2. The van der Waals surface area contributed by atoms with Crippen molar-refractivity contribution in [2.45, 2.75) is 162 Å². The molecular weight excluding hydrogens is 392 g/mol. The van der Waals surface area contributed by atoms with Gasteiger partial charge < -0.3 is 5.11 Å².